The van der Waals surface area contributed by atoms with Crippen molar-refractivity contribution in [2.75, 3.05) is 0 Å². The Balaban J connectivity index is 1.53. The number of carbonyl (C=O) groups is 1. The summed E-state index contributed by atoms with van der Waals surface area (Å²) in [5.41, 5.74) is 4.54. The summed E-state index contributed by atoms with van der Waals surface area (Å²) >= 11 is 0. The molecule has 1 aliphatic carbocycles. The van der Waals surface area contributed by atoms with Crippen molar-refractivity contribution in [3.63, 3.8) is 0 Å². The maximum absolute atomic E-state index is 12.5. The zero-order valence-electron chi connectivity index (χ0n) is 14.7. The summed E-state index contributed by atoms with van der Waals surface area (Å²) < 4.78 is 5.19. The Morgan fingerprint density at radius 3 is 3.00 bits per heavy atom. The fourth-order valence-corrected chi connectivity index (χ4v) is 3.26. The molecule has 1 amide bonds. The lowest BCUT2D eigenvalue weighted by Crippen LogP contribution is -2.27. The molecular formula is C19H19N5O2. The van der Waals surface area contributed by atoms with Gasteiger partial charge < -0.3 is 9.84 Å². The van der Waals surface area contributed by atoms with Crippen molar-refractivity contribution in [2.45, 2.75) is 39.2 Å². The van der Waals surface area contributed by atoms with Crippen molar-refractivity contribution in [2.24, 2.45) is 0 Å². The zero-order valence-corrected chi connectivity index (χ0v) is 14.7. The molecule has 1 atom stereocenters. The molecule has 1 aliphatic rings. The molecule has 0 bridgehead atoms. The molecule has 0 fully saturated rings. The normalized spacial score (nSPS) is 15.7. The second-order valence-corrected chi connectivity index (χ2v) is 6.43. The van der Waals surface area contributed by atoms with Crippen LogP contribution in [0.2, 0.25) is 0 Å². The molecule has 0 saturated heterocycles. The highest BCUT2D eigenvalue weighted by molar-refractivity contribution is 5.94. The summed E-state index contributed by atoms with van der Waals surface area (Å²) in [4.78, 5) is 16.9. The van der Waals surface area contributed by atoms with Gasteiger partial charge in [-0.2, -0.15) is 15.2 Å². The molecule has 7 nitrogen and oxygen atoms in total. The molecule has 26 heavy (non-hydrogen) atoms. The van der Waals surface area contributed by atoms with E-state index in [0.29, 0.717) is 17.3 Å². The molecule has 0 saturated carbocycles. The molecule has 1 aromatic carbocycles. The van der Waals surface area contributed by atoms with E-state index in [1.165, 1.54) is 11.8 Å². The van der Waals surface area contributed by atoms with Gasteiger partial charge in [-0.25, -0.2) is 0 Å². The highest BCUT2D eigenvalue weighted by atomic mass is 16.5. The standard InChI is InChI=1S/C19H19N5O2/c1-3-17-22-18(24-26-17)13-4-6-15-12(9-13)5-7-16(15)21-19(25)14-8-11(2)23-20-10-14/h4,6,8-10,16H,3,5,7H2,1-2H3,(H,21,25)/t16-/m1/s1. The number of aromatic nitrogens is 4. The molecule has 2 aromatic heterocycles. The summed E-state index contributed by atoms with van der Waals surface area (Å²) in [6.07, 6.45) is 3.98. The first-order valence-electron chi connectivity index (χ1n) is 8.70. The lowest BCUT2D eigenvalue weighted by atomic mass is 10.0. The third kappa shape index (κ3) is 3.08. The molecule has 132 valence electrons. The van der Waals surface area contributed by atoms with Crippen LogP contribution in [0.4, 0.5) is 0 Å². The molecule has 1 N–H and O–H groups in total. The van der Waals surface area contributed by atoms with Crippen LogP contribution in [0.5, 0.6) is 0 Å². The smallest absolute Gasteiger partial charge is 0.253 e. The predicted molar refractivity (Wildman–Crippen MR) is 94.4 cm³/mol. The van der Waals surface area contributed by atoms with Crippen LogP contribution in [0.3, 0.4) is 0 Å². The highest BCUT2D eigenvalue weighted by Crippen LogP contribution is 2.33. The van der Waals surface area contributed by atoms with Crippen molar-refractivity contribution in [3.8, 4) is 11.4 Å². The maximum Gasteiger partial charge on any atom is 0.253 e. The second-order valence-electron chi connectivity index (χ2n) is 6.43. The van der Waals surface area contributed by atoms with Crippen LogP contribution in [-0.2, 0) is 12.8 Å². The fourth-order valence-electron chi connectivity index (χ4n) is 3.26. The number of aryl methyl sites for hydroxylation is 3. The van der Waals surface area contributed by atoms with E-state index in [1.54, 1.807) is 6.07 Å². The number of fused-ring (bicyclic) bond motifs is 1. The van der Waals surface area contributed by atoms with E-state index in [0.717, 1.165) is 36.1 Å². The van der Waals surface area contributed by atoms with E-state index < -0.39 is 0 Å². The van der Waals surface area contributed by atoms with Crippen LogP contribution in [0, 0.1) is 6.92 Å². The van der Waals surface area contributed by atoms with Gasteiger partial charge in [0.05, 0.1) is 23.5 Å². The summed E-state index contributed by atoms with van der Waals surface area (Å²) in [6.45, 7) is 3.80. The zero-order chi connectivity index (χ0) is 18.1. The molecular weight excluding hydrogens is 330 g/mol. The van der Waals surface area contributed by atoms with Crippen molar-refractivity contribution in [1.29, 1.82) is 0 Å². The van der Waals surface area contributed by atoms with Crippen molar-refractivity contribution in [3.05, 3.63) is 58.7 Å². The Hall–Kier alpha value is -3.09. The van der Waals surface area contributed by atoms with E-state index in [2.05, 4.69) is 31.7 Å². The van der Waals surface area contributed by atoms with Gasteiger partial charge in [0.25, 0.3) is 5.91 Å². The molecule has 0 radical (unpaired) electrons. The molecule has 2 heterocycles. The van der Waals surface area contributed by atoms with Gasteiger partial charge >= 0.3 is 0 Å². The van der Waals surface area contributed by atoms with Crippen molar-refractivity contribution >= 4 is 5.91 Å². The molecule has 0 unspecified atom stereocenters. The number of nitrogens with one attached hydrogen (secondary N) is 1. The van der Waals surface area contributed by atoms with Gasteiger partial charge in [0.2, 0.25) is 11.7 Å². The molecule has 7 heteroatoms. The average molecular weight is 349 g/mol. The number of hydrogen-bond acceptors (Lipinski definition) is 6. The van der Waals surface area contributed by atoms with Crippen LogP contribution in [-0.4, -0.2) is 26.2 Å². The largest absolute Gasteiger partial charge is 0.345 e. The van der Waals surface area contributed by atoms with Crippen LogP contribution >= 0.6 is 0 Å². The minimum atomic E-state index is -0.129. The van der Waals surface area contributed by atoms with Crippen LogP contribution in [0.15, 0.2) is 35.0 Å². The predicted octanol–water partition coefficient (Wildman–Crippen LogP) is 2.81. The third-order valence-electron chi connectivity index (χ3n) is 4.59. The maximum atomic E-state index is 12.5. The molecule has 3 aromatic rings. The number of hydrogen-bond donors (Lipinski definition) is 1. The summed E-state index contributed by atoms with van der Waals surface area (Å²) in [5.74, 6) is 1.11. The van der Waals surface area contributed by atoms with Gasteiger partial charge in [0, 0.05) is 12.0 Å². The topological polar surface area (TPSA) is 93.8 Å². The number of carbonyl (C=O) groups excluding carboxylic acids is 1. The number of amides is 1. The van der Waals surface area contributed by atoms with Gasteiger partial charge in [-0.1, -0.05) is 24.2 Å². The van der Waals surface area contributed by atoms with Crippen LogP contribution in [0.1, 0.15) is 52.5 Å². The Labute approximate surface area is 150 Å². The molecule has 4 rings (SSSR count). The summed E-state index contributed by atoms with van der Waals surface area (Å²) in [7, 11) is 0. The van der Waals surface area contributed by atoms with Crippen LogP contribution in [0.25, 0.3) is 11.4 Å². The Morgan fingerprint density at radius 1 is 1.35 bits per heavy atom. The first-order chi connectivity index (χ1) is 12.6. The third-order valence-corrected chi connectivity index (χ3v) is 4.59. The van der Waals surface area contributed by atoms with E-state index >= 15 is 0 Å². The van der Waals surface area contributed by atoms with Gasteiger partial charge in [-0.3, -0.25) is 4.79 Å². The van der Waals surface area contributed by atoms with Gasteiger partial charge in [0.1, 0.15) is 0 Å². The lowest BCUT2D eigenvalue weighted by Gasteiger charge is -2.14. The van der Waals surface area contributed by atoms with Gasteiger partial charge in [-0.05, 0) is 43.0 Å². The number of benzene rings is 1. The van der Waals surface area contributed by atoms with Gasteiger partial charge in [-0.15, -0.1) is 0 Å². The van der Waals surface area contributed by atoms with E-state index in [9.17, 15) is 4.79 Å². The van der Waals surface area contributed by atoms with E-state index in [-0.39, 0.29) is 11.9 Å². The second kappa shape index (κ2) is 6.67. The Bertz CT molecular complexity index is 966. The lowest BCUT2D eigenvalue weighted by molar-refractivity contribution is 0.0936. The van der Waals surface area contributed by atoms with E-state index in [1.807, 2.05) is 26.0 Å². The quantitative estimate of drug-likeness (QED) is 0.778. The summed E-state index contributed by atoms with van der Waals surface area (Å²) in [5, 5.41) is 14.9. The van der Waals surface area contributed by atoms with Gasteiger partial charge in [0.15, 0.2) is 0 Å². The number of rotatable bonds is 4. The Morgan fingerprint density at radius 2 is 2.23 bits per heavy atom. The molecule has 0 spiro atoms. The number of nitrogens with zero attached hydrogens (tertiary/aromatic N) is 4. The fraction of sp³-hybridized carbons (Fsp3) is 0.316. The van der Waals surface area contributed by atoms with Crippen molar-refractivity contribution < 1.29 is 9.32 Å². The van der Waals surface area contributed by atoms with Crippen LogP contribution < -0.4 is 5.32 Å². The van der Waals surface area contributed by atoms with Crippen molar-refractivity contribution in [1.82, 2.24) is 25.7 Å². The first kappa shape index (κ1) is 16.4. The summed E-state index contributed by atoms with van der Waals surface area (Å²) in [6, 6.07) is 7.84. The monoisotopic (exact) mass is 349 g/mol. The first-order valence-corrected chi connectivity index (χ1v) is 8.70. The minimum absolute atomic E-state index is 0.00325. The Kier molecular flexibility index (Phi) is 4.20. The molecule has 0 aliphatic heterocycles. The van der Waals surface area contributed by atoms with E-state index in [4.69, 9.17) is 4.52 Å². The minimum Gasteiger partial charge on any atom is -0.345 e. The average Bonchev–Trinajstić information content (AvgIpc) is 3.28. The SMILES string of the molecule is CCc1nc(-c2ccc3c(c2)CC[C@H]3NC(=O)c2cnnc(C)c2)no1. The highest BCUT2D eigenvalue weighted by Gasteiger charge is 2.25.